The number of amides is 3. The van der Waals surface area contributed by atoms with Gasteiger partial charge in [0.1, 0.15) is 0 Å². The third-order valence-electron chi connectivity index (χ3n) is 4.37. The molecule has 1 aromatic rings. The molecule has 1 aromatic carbocycles. The molecular weight excluding hydrogens is 445 g/mol. The van der Waals surface area contributed by atoms with Crippen LogP contribution in [-0.4, -0.2) is 47.4 Å². The molecule has 9 nitrogen and oxygen atoms in total. The van der Waals surface area contributed by atoms with Crippen LogP contribution in [0.1, 0.15) is 46.5 Å². The fourth-order valence-corrected chi connectivity index (χ4v) is 3.12. The summed E-state index contributed by atoms with van der Waals surface area (Å²) in [6.45, 7) is 5.64. The largest absolute Gasteiger partial charge is 0.449 e. The van der Waals surface area contributed by atoms with E-state index in [-0.39, 0.29) is 34.3 Å². The normalized spacial score (nSPS) is 14.9. The van der Waals surface area contributed by atoms with Crippen LogP contribution in [0.5, 0.6) is 0 Å². The van der Waals surface area contributed by atoms with E-state index >= 15 is 0 Å². The summed E-state index contributed by atoms with van der Waals surface area (Å²) in [7, 11) is 0. The number of carbonyl (C=O) groups is 3. The van der Waals surface area contributed by atoms with Gasteiger partial charge in [-0.1, -0.05) is 49.4 Å². The highest BCUT2D eigenvalue weighted by atomic mass is 35.5. The van der Waals surface area contributed by atoms with Crippen LogP contribution in [0, 0.1) is 5.41 Å². The molecule has 1 aliphatic heterocycles. The Kier molecular flexibility index (Phi) is 8.82. The van der Waals surface area contributed by atoms with Gasteiger partial charge in [-0.15, -0.1) is 0 Å². The molecule has 1 saturated heterocycles. The summed E-state index contributed by atoms with van der Waals surface area (Å²) in [4.78, 5) is 42.6. The topological polar surface area (TPSA) is 115 Å². The molecule has 0 unspecified atom stereocenters. The monoisotopic (exact) mass is 469 g/mol. The quantitative estimate of drug-likeness (QED) is 0.269. The van der Waals surface area contributed by atoms with Gasteiger partial charge in [-0.3, -0.25) is 25.2 Å². The van der Waals surface area contributed by atoms with Crippen LogP contribution >= 0.6 is 23.2 Å². The van der Waals surface area contributed by atoms with Gasteiger partial charge in [0.05, 0.1) is 22.3 Å². The highest BCUT2D eigenvalue weighted by Crippen LogP contribution is 2.28. The Labute approximate surface area is 190 Å². The van der Waals surface area contributed by atoms with Crippen LogP contribution in [0.25, 0.3) is 0 Å². The molecule has 0 saturated carbocycles. The maximum absolute atomic E-state index is 12.8. The van der Waals surface area contributed by atoms with E-state index in [0.717, 1.165) is 29.1 Å². The first kappa shape index (κ1) is 24.6. The second kappa shape index (κ2) is 11.1. The Hall–Kier alpha value is -2.65. The van der Waals surface area contributed by atoms with Crippen LogP contribution in [0.15, 0.2) is 23.2 Å². The van der Waals surface area contributed by atoms with Crippen molar-refractivity contribution in [1.29, 1.82) is 5.41 Å². The van der Waals surface area contributed by atoms with Crippen LogP contribution in [0.2, 0.25) is 10.0 Å². The number of carbonyl (C=O) groups excluding carboxylic acids is 3. The molecule has 31 heavy (non-hydrogen) atoms. The second-order valence-electron chi connectivity index (χ2n) is 7.09. The van der Waals surface area contributed by atoms with Crippen molar-refractivity contribution in [2.24, 2.45) is 4.99 Å². The fraction of sp³-hybridized carbons (Fsp3) is 0.450. The van der Waals surface area contributed by atoms with Crippen LogP contribution in [0.3, 0.4) is 0 Å². The minimum absolute atomic E-state index is 0.143. The summed E-state index contributed by atoms with van der Waals surface area (Å²) >= 11 is 12.0. The van der Waals surface area contributed by atoms with Crippen molar-refractivity contribution in [2.75, 3.05) is 11.5 Å². The van der Waals surface area contributed by atoms with Crippen molar-refractivity contribution in [1.82, 2.24) is 10.2 Å². The molecule has 1 fully saturated rings. The summed E-state index contributed by atoms with van der Waals surface area (Å²) in [5.41, 5.74) is 0.203. The zero-order valence-corrected chi connectivity index (χ0v) is 19.1. The number of aliphatic imine (C=N–C) groups is 1. The molecule has 0 aliphatic carbocycles. The summed E-state index contributed by atoms with van der Waals surface area (Å²) < 4.78 is 5.31. The molecule has 11 heteroatoms. The van der Waals surface area contributed by atoms with Crippen molar-refractivity contribution >= 4 is 58.7 Å². The number of ether oxygens (including phenoxy) is 1. The molecule has 0 bridgehead atoms. The van der Waals surface area contributed by atoms with Crippen molar-refractivity contribution in [3.63, 3.8) is 0 Å². The molecule has 2 rings (SSSR count). The number of nitrogens with zero attached hydrogens (tertiary/aromatic N) is 3. The lowest BCUT2D eigenvalue weighted by molar-refractivity contribution is -0.140. The number of hydrogen-bond acceptors (Lipinski definition) is 5. The SMILES string of the molecule is CCCCCCOC(=O)N(C(=N)N=C1NC(=O)C(=O)N1C(C)C)c1ccc(Cl)c(Cl)c1. The van der Waals surface area contributed by atoms with Gasteiger partial charge >= 0.3 is 17.9 Å². The molecule has 0 aromatic heterocycles. The number of unbranched alkanes of at least 4 members (excludes halogenated alkanes) is 3. The molecule has 0 atom stereocenters. The van der Waals surface area contributed by atoms with Gasteiger partial charge in [-0.05, 0) is 38.5 Å². The molecule has 0 spiro atoms. The predicted molar refractivity (Wildman–Crippen MR) is 120 cm³/mol. The van der Waals surface area contributed by atoms with E-state index < -0.39 is 23.9 Å². The number of benzene rings is 1. The van der Waals surface area contributed by atoms with Gasteiger partial charge in [0.25, 0.3) is 0 Å². The molecule has 1 heterocycles. The number of nitrogens with one attached hydrogen (secondary N) is 2. The van der Waals surface area contributed by atoms with Gasteiger partial charge in [-0.2, -0.15) is 4.99 Å². The van der Waals surface area contributed by atoms with Crippen LogP contribution in [0.4, 0.5) is 10.5 Å². The maximum Gasteiger partial charge on any atom is 0.421 e. The minimum atomic E-state index is -0.861. The average Bonchev–Trinajstić information content (AvgIpc) is 2.98. The Balaban J connectivity index is 2.31. The van der Waals surface area contributed by atoms with Crippen LogP contribution in [-0.2, 0) is 14.3 Å². The van der Waals surface area contributed by atoms with E-state index in [1.54, 1.807) is 13.8 Å². The molecule has 2 N–H and O–H groups in total. The van der Waals surface area contributed by atoms with Gasteiger partial charge in [0, 0.05) is 6.04 Å². The Bertz CT molecular complexity index is 904. The highest BCUT2D eigenvalue weighted by molar-refractivity contribution is 6.46. The number of anilines is 1. The molecule has 0 radical (unpaired) electrons. The van der Waals surface area contributed by atoms with Crippen LogP contribution < -0.4 is 10.2 Å². The first-order valence-electron chi connectivity index (χ1n) is 9.91. The molecule has 3 amide bonds. The third-order valence-corrected chi connectivity index (χ3v) is 5.11. The summed E-state index contributed by atoms with van der Waals surface area (Å²) in [6, 6.07) is 3.97. The standard InChI is InChI=1S/C20H25Cl2N5O4/c1-4-5-6-7-10-31-20(30)27(13-8-9-14(21)15(22)11-13)18(23)25-19-24-16(28)17(29)26(19)12(2)3/h8-9,11-12H,4-7,10H2,1-3H3,(H2,23,24,25,28). The minimum Gasteiger partial charge on any atom is -0.449 e. The van der Waals surface area contributed by atoms with Crippen molar-refractivity contribution in [3.8, 4) is 0 Å². The first-order valence-corrected chi connectivity index (χ1v) is 10.7. The number of hydrogen-bond donors (Lipinski definition) is 2. The Morgan fingerprint density at radius 2 is 1.94 bits per heavy atom. The van der Waals surface area contributed by atoms with Gasteiger partial charge < -0.3 is 4.74 Å². The molecular formula is C20H25Cl2N5O4. The summed E-state index contributed by atoms with van der Waals surface area (Å²) in [5.74, 6) is -2.36. The van der Waals surface area contributed by atoms with Gasteiger partial charge in [0.15, 0.2) is 0 Å². The van der Waals surface area contributed by atoms with Crippen molar-refractivity contribution in [3.05, 3.63) is 28.2 Å². The number of rotatable bonds is 7. The predicted octanol–water partition coefficient (Wildman–Crippen LogP) is 4.17. The zero-order chi connectivity index (χ0) is 23.1. The van der Waals surface area contributed by atoms with E-state index in [4.69, 9.17) is 33.3 Å². The smallest absolute Gasteiger partial charge is 0.421 e. The van der Waals surface area contributed by atoms with E-state index in [0.29, 0.717) is 6.42 Å². The third kappa shape index (κ3) is 6.18. The molecule has 168 valence electrons. The Morgan fingerprint density at radius 3 is 2.55 bits per heavy atom. The maximum atomic E-state index is 12.8. The summed E-state index contributed by atoms with van der Waals surface area (Å²) in [6.07, 6.45) is 2.82. The van der Waals surface area contributed by atoms with E-state index in [2.05, 4.69) is 17.2 Å². The van der Waals surface area contributed by atoms with Gasteiger partial charge in [-0.25, -0.2) is 9.69 Å². The van der Waals surface area contributed by atoms with Gasteiger partial charge in [0.2, 0.25) is 11.9 Å². The fourth-order valence-electron chi connectivity index (χ4n) is 2.82. The lowest BCUT2D eigenvalue weighted by atomic mass is 10.2. The van der Waals surface area contributed by atoms with Crippen molar-refractivity contribution in [2.45, 2.75) is 52.5 Å². The zero-order valence-electron chi connectivity index (χ0n) is 17.6. The number of guanidine groups is 2. The molecule has 1 aliphatic rings. The Morgan fingerprint density at radius 1 is 1.23 bits per heavy atom. The van der Waals surface area contributed by atoms with E-state index in [1.807, 2.05) is 0 Å². The summed E-state index contributed by atoms with van der Waals surface area (Å²) in [5, 5.41) is 11.2. The number of halogens is 2. The van der Waals surface area contributed by atoms with E-state index in [1.165, 1.54) is 18.2 Å². The van der Waals surface area contributed by atoms with E-state index in [9.17, 15) is 14.4 Å². The average molecular weight is 470 g/mol. The lowest BCUT2D eigenvalue weighted by Gasteiger charge is -2.23. The van der Waals surface area contributed by atoms with Crippen molar-refractivity contribution < 1.29 is 19.1 Å². The highest BCUT2D eigenvalue weighted by Gasteiger charge is 2.38. The first-order chi connectivity index (χ1) is 14.7. The lowest BCUT2D eigenvalue weighted by Crippen LogP contribution is -2.42. The second-order valence-corrected chi connectivity index (χ2v) is 7.91.